The van der Waals surface area contributed by atoms with Gasteiger partial charge in [0.15, 0.2) is 0 Å². The van der Waals surface area contributed by atoms with E-state index < -0.39 is 0 Å². The smallest absolute Gasteiger partial charge is 0.131 e. The topological polar surface area (TPSA) is 64.9 Å². The summed E-state index contributed by atoms with van der Waals surface area (Å²) in [6, 6.07) is 3.73. The van der Waals surface area contributed by atoms with Crippen LogP contribution in [0.15, 0.2) is 23.4 Å². The number of anilines is 1. The minimum absolute atomic E-state index is 0.345. The standard InChI is InChI=1S/C8H11N5/c1-13(2)8-7(6-11-12-9)4-3-5-10-8/h3-5H,6H2,1-2H3. The number of hydrogen-bond donors (Lipinski definition) is 0. The van der Waals surface area contributed by atoms with Crippen molar-refractivity contribution in [2.45, 2.75) is 6.54 Å². The molecule has 1 aromatic rings. The van der Waals surface area contributed by atoms with Gasteiger partial charge in [0.05, 0.1) is 6.54 Å². The van der Waals surface area contributed by atoms with E-state index in [0.29, 0.717) is 6.54 Å². The van der Waals surface area contributed by atoms with Gasteiger partial charge >= 0.3 is 0 Å². The quantitative estimate of drug-likeness (QED) is 0.402. The highest BCUT2D eigenvalue weighted by Gasteiger charge is 2.02. The molecule has 0 unspecified atom stereocenters. The number of azide groups is 1. The molecule has 13 heavy (non-hydrogen) atoms. The Morgan fingerprint density at radius 2 is 2.38 bits per heavy atom. The third kappa shape index (κ3) is 2.35. The van der Waals surface area contributed by atoms with Gasteiger partial charge in [-0.05, 0) is 11.6 Å². The molecule has 0 bridgehead atoms. The summed E-state index contributed by atoms with van der Waals surface area (Å²) in [5, 5.41) is 3.50. The molecule has 0 N–H and O–H groups in total. The van der Waals surface area contributed by atoms with Crippen LogP contribution in [0.4, 0.5) is 5.82 Å². The number of aromatic nitrogens is 1. The van der Waals surface area contributed by atoms with Crippen molar-refractivity contribution in [1.29, 1.82) is 0 Å². The Bertz CT molecular complexity index is 327. The van der Waals surface area contributed by atoms with E-state index in [-0.39, 0.29) is 0 Å². The fourth-order valence-electron chi connectivity index (χ4n) is 1.06. The van der Waals surface area contributed by atoms with E-state index >= 15 is 0 Å². The Morgan fingerprint density at radius 3 is 3.00 bits per heavy atom. The molecule has 0 fully saturated rings. The van der Waals surface area contributed by atoms with Crippen molar-refractivity contribution in [2.75, 3.05) is 19.0 Å². The molecule has 0 atom stereocenters. The van der Waals surface area contributed by atoms with E-state index in [1.54, 1.807) is 6.20 Å². The maximum atomic E-state index is 8.18. The SMILES string of the molecule is CN(C)c1ncccc1CN=[N+]=[N-]. The van der Waals surface area contributed by atoms with Gasteiger partial charge in [-0.15, -0.1) is 0 Å². The van der Waals surface area contributed by atoms with E-state index in [1.807, 2.05) is 31.1 Å². The molecule has 0 aliphatic carbocycles. The largest absolute Gasteiger partial charge is 0.363 e. The zero-order chi connectivity index (χ0) is 9.68. The Morgan fingerprint density at radius 1 is 1.62 bits per heavy atom. The van der Waals surface area contributed by atoms with Crippen LogP contribution >= 0.6 is 0 Å². The Balaban J connectivity index is 2.97. The molecule has 0 amide bonds. The highest BCUT2D eigenvalue weighted by molar-refractivity contribution is 5.44. The predicted molar refractivity (Wildman–Crippen MR) is 51.4 cm³/mol. The Hall–Kier alpha value is -1.74. The molecular formula is C8H11N5. The highest BCUT2D eigenvalue weighted by atomic mass is 15.2. The second-order valence-electron chi connectivity index (χ2n) is 2.77. The summed E-state index contributed by atoms with van der Waals surface area (Å²) in [5.74, 6) is 0.843. The second kappa shape index (κ2) is 4.33. The molecule has 1 rings (SSSR count). The van der Waals surface area contributed by atoms with Crippen LogP contribution in [-0.2, 0) is 6.54 Å². The predicted octanol–water partition coefficient (Wildman–Crippen LogP) is 1.96. The molecule has 1 heterocycles. The number of pyridine rings is 1. The van der Waals surface area contributed by atoms with Crippen LogP contribution in [0.1, 0.15) is 5.56 Å². The zero-order valence-corrected chi connectivity index (χ0v) is 7.68. The van der Waals surface area contributed by atoms with Gasteiger partial charge in [-0.1, -0.05) is 11.2 Å². The maximum absolute atomic E-state index is 8.18. The molecule has 0 aliphatic heterocycles. The Labute approximate surface area is 76.6 Å². The molecule has 5 nitrogen and oxygen atoms in total. The van der Waals surface area contributed by atoms with Gasteiger partial charge in [0.1, 0.15) is 5.82 Å². The van der Waals surface area contributed by atoms with Crippen LogP contribution in [0.5, 0.6) is 0 Å². The third-order valence-corrected chi connectivity index (χ3v) is 1.60. The normalized spacial score (nSPS) is 9.08. The van der Waals surface area contributed by atoms with Crippen LogP contribution in [0.25, 0.3) is 10.4 Å². The van der Waals surface area contributed by atoms with E-state index in [0.717, 1.165) is 11.4 Å². The summed E-state index contributed by atoms with van der Waals surface area (Å²) in [5.41, 5.74) is 9.12. The first-order valence-corrected chi connectivity index (χ1v) is 3.87. The molecule has 68 valence electrons. The number of hydrogen-bond acceptors (Lipinski definition) is 3. The van der Waals surface area contributed by atoms with Gasteiger partial charge in [-0.2, -0.15) is 0 Å². The summed E-state index contributed by atoms with van der Waals surface area (Å²) >= 11 is 0. The summed E-state index contributed by atoms with van der Waals surface area (Å²) in [6.07, 6.45) is 1.72. The molecule has 0 saturated heterocycles. The molecule has 0 aliphatic rings. The average Bonchev–Trinajstić information content (AvgIpc) is 2.15. The van der Waals surface area contributed by atoms with Gasteiger partial charge in [-0.3, -0.25) is 0 Å². The molecule has 1 aromatic heterocycles. The van der Waals surface area contributed by atoms with Gasteiger partial charge in [0.25, 0.3) is 0 Å². The first-order chi connectivity index (χ1) is 6.25. The second-order valence-corrected chi connectivity index (χ2v) is 2.77. The van der Waals surface area contributed by atoms with Crippen molar-refractivity contribution in [1.82, 2.24) is 4.98 Å². The molecular weight excluding hydrogens is 166 g/mol. The summed E-state index contributed by atoms with van der Waals surface area (Å²) < 4.78 is 0. The Kier molecular flexibility index (Phi) is 3.11. The van der Waals surface area contributed by atoms with E-state index in [9.17, 15) is 0 Å². The van der Waals surface area contributed by atoms with Gasteiger partial charge in [0, 0.05) is 30.8 Å². The van der Waals surface area contributed by atoms with E-state index in [2.05, 4.69) is 15.0 Å². The molecule has 5 heteroatoms. The van der Waals surface area contributed by atoms with Crippen LogP contribution in [0.3, 0.4) is 0 Å². The number of rotatable bonds is 3. The summed E-state index contributed by atoms with van der Waals surface area (Å²) in [6.45, 7) is 0.345. The van der Waals surface area contributed by atoms with Crippen molar-refractivity contribution in [3.8, 4) is 0 Å². The van der Waals surface area contributed by atoms with Crippen molar-refractivity contribution in [2.24, 2.45) is 5.11 Å². The van der Waals surface area contributed by atoms with Crippen LogP contribution in [0.2, 0.25) is 0 Å². The lowest BCUT2D eigenvalue weighted by Crippen LogP contribution is -2.12. The lowest BCUT2D eigenvalue weighted by Gasteiger charge is -2.14. The summed E-state index contributed by atoms with van der Waals surface area (Å²) in [4.78, 5) is 8.77. The van der Waals surface area contributed by atoms with E-state index in [1.165, 1.54) is 0 Å². The zero-order valence-electron chi connectivity index (χ0n) is 7.68. The van der Waals surface area contributed by atoms with Crippen LogP contribution in [0, 0.1) is 0 Å². The fraction of sp³-hybridized carbons (Fsp3) is 0.375. The van der Waals surface area contributed by atoms with Crippen molar-refractivity contribution >= 4 is 5.82 Å². The maximum Gasteiger partial charge on any atom is 0.131 e. The van der Waals surface area contributed by atoms with Crippen molar-refractivity contribution in [3.63, 3.8) is 0 Å². The average molecular weight is 177 g/mol. The van der Waals surface area contributed by atoms with Crippen molar-refractivity contribution in [3.05, 3.63) is 34.3 Å². The molecule has 0 aromatic carbocycles. The highest BCUT2D eigenvalue weighted by Crippen LogP contribution is 2.14. The minimum atomic E-state index is 0.345. The minimum Gasteiger partial charge on any atom is -0.363 e. The first kappa shape index (κ1) is 9.35. The fourth-order valence-corrected chi connectivity index (χ4v) is 1.06. The van der Waals surface area contributed by atoms with E-state index in [4.69, 9.17) is 5.53 Å². The van der Waals surface area contributed by atoms with Gasteiger partial charge < -0.3 is 4.90 Å². The van der Waals surface area contributed by atoms with Gasteiger partial charge in [-0.25, -0.2) is 4.98 Å². The van der Waals surface area contributed by atoms with Crippen LogP contribution < -0.4 is 4.90 Å². The first-order valence-electron chi connectivity index (χ1n) is 3.87. The summed E-state index contributed by atoms with van der Waals surface area (Å²) in [7, 11) is 3.81. The van der Waals surface area contributed by atoms with Gasteiger partial charge in [0.2, 0.25) is 0 Å². The lowest BCUT2D eigenvalue weighted by molar-refractivity contribution is 0.977. The monoisotopic (exact) mass is 177 g/mol. The molecule has 0 saturated carbocycles. The lowest BCUT2D eigenvalue weighted by atomic mass is 10.2. The molecule has 0 radical (unpaired) electrons. The van der Waals surface area contributed by atoms with Crippen molar-refractivity contribution < 1.29 is 0 Å². The molecule has 0 spiro atoms. The third-order valence-electron chi connectivity index (χ3n) is 1.60. The van der Waals surface area contributed by atoms with Crippen LogP contribution in [-0.4, -0.2) is 19.1 Å². The number of nitrogens with zero attached hydrogens (tertiary/aromatic N) is 5.